The second-order valence-electron chi connectivity index (χ2n) is 5.25. The first-order chi connectivity index (χ1) is 12.1. The summed E-state index contributed by atoms with van der Waals surface area (Å²) in [4.78, 5) is 16.4. The third-order valence-corrected chi connectivity index (χ3v) is 3.61. The molecule has 0 saturated heterocycles. The molecule has 2 aromatic rings. The Balaban J connectivity index is 2.25. The maximum atomic E-state index is 12.4. The standard InChI is InChI=1S/C18H21ClN2O4/c1-3-5-9-25-16-13(19)10-12(11-15(16)24-4-2)18(23)21-17-14(22)7-6-8-20-17/h6-8,10-11,22H,3-5,9H2,1-2H3,(H,20,21,23). The molecule has 7 heteroatoms. The fourth-order valence-electron chi connectivity index (χ4n) is 2.09. The summed E-state index contributed by atoms with van der Waals surface area (Å²) in [6.45, 7) is 4.83. The molecule has 0 aliphatic rings. The third kappa shape index (κ3) is 5.00. The second-order valence-corrected chi connectivity index (χ2v) is 5.65. The first-order valence-electron chi connectivity index (χ1n) is 8.11. The van der Waals surface area contributed by atoms with E-state index in [2.05, 4.69) is 17.2 Å². The van der Waals surface area contributed by atoms with Gasteiger partial charge in [-0.15, -0.1) is 0 Å². The normalized spacial score (nSPS) is 10.4. The van der Waals surface area contributed by atoms with Crippen LogP contribution >= 0.6 is 11.6 Å². The van der Waals surface area contributed by atoms with Crippen LogP contribution in [0.4, 0.5) is 5.82 Å². The lowest BCUT2D eigenvalue weighted by atomic mass is 10.2. The van der Waals surface area contributed by atoms with Crippen molar-refractivity contribution in [3.8, 4) is 17.2 Å². The number of unbranched alkanes of at least 4 members (excludes halogenated alkanes) is 1. The number of carbonyl (C=O) groups is 1. The largest absolute Gasteiger partial charge is 0.504 e. The van der Waals surface area contributed by atoms with E-state index < -0.39 is 5.91 Å². The van der Waals surface area contributed by atoms with Gasteiger partial charge in [0, 0.05) is 11.8 Å². The van der Waals surface area contributed by atoms with Crippen molar-refractivity contribution < 1.29 is 19.4 Å². The van der Waals surface area contributed by atoms with Gasteiger partial charge in [-0.1, -0.05) is 24.9 Å². The van der Waals surface area contributed by atoms with Crippen molar-refractivity contribution in [2.24, 2.45) is 0 Å². The molecule has 134 valence electrons. The van der Waals surface area contributed by atoms with Gasteiger partial charge in [0.25, 0.3) is 5.91 Å². The minimum atomic E-state index is -0.461. The van der Waals surface area contributed by atoms with Gasteiger partial charge in [-0.3, -0.25) is 4.79 Å². The number of ether oxygens (including phenoxy) is 2. The van der Waals surface area contributed by atoms with E-state index in [1.807, 2.05) is 6.92 Å². The minimum absolute atomic E-state index is 0.0739. The van der Waals surface area contributed by atoms with Gasteiger partial charge in [0.1, 0.15) is 0 Å². The number of anilines is 1. The first-order valence-corrected chi connectivity index (χ1v) is 8.49. The molecule has 0 fully saturated rings. The molecule has 0 aliphatic heterocycles. The predicted molar refractivity (Wildman–Crippen MR) is 96.9 cm³/mol. The number of rotatable bonds is 8. The van der Waals surface area contributed by atoms with Gasteiger partial charge in [0.2, 0.25) is 0 Å². The van der Waals surface area contributed by atoms with Gasteiger partial charge < -0.3 is 19.9 Å². The van der Waals surface area contributed by atoms with E-state index in [4.69, 9.17) is 21.1 Å². The fraction of sp³-hybridized carbons (Fsp3) is 0.333. The Morgan fingerprint density at radius 1 is 1.32 bits per heavy atom. The Labute approximate surface area is 151 Å². The number of amides is 1. The number of pyridine rings is 1. The molecule has 1 heterocycles. The van der Waals surface area contributed by atoms with Crippen LogP contribution in [0.15, 0.2) is 30.5 Å². The van der Waals surface area contributed by atoms with Gasteiger partial charge in [0.15, 0.2) is 23.1 Å². The van der Waals surface area contributed by atoms with Crippen molar-refractivity contribution in [1.29, 1.82) is 0 Å². The highest BCUT2D eigenvalue weighted by Gasteiger charge is 2.17. The molecular formula is C18H21ClN2O4. The third-order valence-electron chi connectivity index (χ3n) is 3.33. The summed E-state index contributed by atoms with van der Waals surface area (Å²) in [6.07, 6.45) is 3.36. The van der Waals surface area contributed by atoms with E-state index >= 15 is 0 Å². The molecule has 6 nitrogen and oxygen atoms in total. The average molecular weight is 365 g/mol. The number of aromatic hydroxyl groups is 1. The van der Waals surface area contributed by atoms with Crippen LogP contribution in [0.2, 0.25) is 5.02 Å². The molecular weight excluding hydrogens is 344 g/mol. The molecule has 1 amide bonds. The summed E-state index contributed by atoms with van der Waals surface area (Å²) in [5, 5.41) is 12.5. The molecule has 25 heavy (non-hydrogen) atoms. The summed E-state index contributed by atoms with van der Waals surface area (Å²) in [5.74, 6) is 0.323. The number of aromatic nitrogens is 1. The molecule has 0 aliphatic carbocycles. The number of hydrogen-bond donors (Lipinski definition) is 2. The number of carbonyl (C=O) groups excluding carboxylic acids is 1. The smallest absolute Gasteiger partial charge is 0.257 e. The quantitative estimate of drug-likeness (QED) is 0.683. The predicted octanol–water partition coefficient (Wildman–Crippen LogP) is 4.27. The van der Waals surface area contributed by atoms with Crippen molar-refractivity contribution in [1.82, 2.24) is 4.98 Å². The average Bonchev–Trinajstić information content (AvgIpc) is 2.59. The van der Waals surface area contributed by atoms with Crippen LogP contribution < -0.4 is 14.8 Å². The molecule has 0 saturated carbocycles. The zero-order valence-electron chi connectivity index (χ0n) is 14.2. The molecule has 0 unspecified atom stereocenters. The summed E-state index contributed by atoms with van der Waals surface area (Å²) in [6, 6.07) is 6.07. The van der Waals surface area contributed by atoms with E-state index in [1.165, 1.54) is 18.3 Å². The molecule has 0 spiro atoms. The van der Waals surface area contributed by atoms with Gasteiger partial charge in [-0.25, -0.2) is 4.98 Å². The van der Waals surface area contributed by atoms with E-state index in [9.17, 15) is 9.90 Å². The Morgan fingerprint density at radius 2 is 2.12 bits per heavy atom. The topological polar surface area (TPSA) is 80.7 Å². The Bertz CT molecular complexity index is 737. The second kappa shape index (κ2) is 9.13. The number of halogens is 1. The molecule has 1 aromatic heterocycles. The van der Waals surface area contributed by atoms with Crippen molar-refractivity contribution in [3.05, 3.63) is 41.0 Å². The van der Waals surface area contributed by atoms with Crippen LogP contribution in [0, 0.1) is 0 Å². The summed E-state index contributed by atoms with van der Waals surface area (Å²) < 4.78 is 11.3. The lowest BCUT2D eigenvalue weighted by Crippen LogP contribution is -2.14. The fourth-order valence-corrected chi connectivity index (χ4v) is 2.36. The zero-order chi connectivity index (χ0) is 18.2. The Kier molecular flexibility index (Phi) is 6.89. The van der Waals surface area contributed by atoms with Gasteiger partial charge in [0.05, 0.1) is 18.2 Å². The summed E-state index contributed by atoms with van der Waals surface area (Å²) >= 11 is 6.28. The van der Waals surface area contributed by atoms with E-state index in [0.29, 0.717) is 24.7 Å². The van der Waals surface area contributed by atoms with Crippen LogP contribution in [-0.2, 0) is 0 Å². The number of benzene rings is 1. The highest BCUT2D eigenvalue weighted by Crippen LogP contribution is 2.37. The van der Waals surface area contributed by atoms with Crippen molar-refractivity contribution in [2.75, 3.05) is 18.5 Å². The lowest BCUT2D eigenvalue weighted by molar-refractivity contribution is 0.102. The molecule has 1 aromatic carbocycles. The van der Waals surface area contributed by atoms with Crippen LogP contribution in [0.1, 0.15) is 37.0 Å². The Morgan fingerprint density at radius 3 is 2.80 bits per heavy atom. The van der Waals surface area contributed by atoms with Gasteiger partial charge in [-0.05, 0) is 37.6 Å². The number of nitrogens with one attached hydrogen (secondary N) is 1. The van der Waals surface area contributed by atoms with Gasteiger partial charge in [-0.2, -0.15) is 0 Å². The highest BCUT2D eigenvalue weighted by atomic mass is 35.5. The van der Waals surface area contributed by atoms with Crippen LogP contribution in [0.3, 0.4) is 0 Å². The van der Waals surface area contributed by atoms with Crippen molar-refractivity contribution >= 4 is 23.3 Å². The monoisotopic (exact) mass is 364 g/mol. The van der Waals surface area contributed by atoms with Crippen LogP contribution in [0.5, 0.6) is 17.2 Å². The summed E-state index contributed by atoms with van der Waals surface area (Å²) in [7, 11) is 0. The lowest BCUT2D eigenvalue weighted by Gasteiger charge is -2.15. The van der Waals surface area contributed by atoms with E-state index in [0.717, 1.165) is 12.8 Å². The molecule has 0 atom stereocenters. The molecule has 2 rings (SSSR count). The SMILES string of the molecule is CCCCOc1c(Cl)cc(C(=O)Nc2ncccc2O)cc1OCC. The van der Waals surface area contributed by atoms with E-state index in [-0.39, 0.29) is 22.2 Å². The van der Waals surface area contributed by atoms with Crippen molar-refractivity contribution in [2.45, 2.75) is 26.7 Å². The zero-order valence-corrected chi connectivity index (χ0v) is 15.0. The maximum absolute atomic E-state index is 12.4. The highest BCUT2D eigenvalue weighted by molar-refractivity contribution is 6.32. The van der Waals surface area contributed by atoms with Crippen LogP contribution in [-0.4, -0.2) is 29.2 Å². The van der Waals surface area contributed by atoms with Gasteiger partial charge >= 0.3 is 0 Å². The number of nitrogens with zero attached hydrogens (tertiary/aromatic N) is 1. The Hall–Kier alpha value is -2.47. The summed E-state index contributed by atoms with van der Waals surface area (Å²) in [5.41, 5.74) is 0.279. The van der Waals surface area contributed by atoms with E-state index in [1.54, 1.807) is 12.1 Å². The maximum Gasteiger partial charge on any atom is 0.257 e. The minimum Gasteiger partial charge on any atom is -0.504 e. The van der Waals surface area contributed by atoms with Crippen molar-refractivity contribution in [3.63, 3.8) is 0 Å². The molecule has 0 radical (unpaired) electrons. The number of hydrogen-bond acceptors (Lipinski definition) is 5. The first kappa shape index (κ1) is 18.9. The molecule has 0 bridgehead atoms. The molecule has 2 N–H and O–H groups in total. The van der Waals surface area contributed by atoms with Crippen LogP contribution in [0.25, 0.3) is 0 Å².